The predicted octanol–water partition coefficient (Wildman–Crippen LogP) is 6.20. The topological polar surface area (TPSA) is 120 Å². The highest BCUT2D eigenvalue weighted by molar-refractivity contribution is 6.13. The summed E-state index contributed by atoms with van der Waals surface area (Å²) in [7, 11) is 1.80. The van der Waals surface area contributed by atoms with Crippen molar-refractivity contribution in [1.29, 1.82) is 5.41 Å². The number of anilines is 2. The van der Waals surface area contributed by atoms with Crippen LogP contribution in [0.1, 0.15) is 80.2 Å². The van der Waals surface area contributed by atoms with E-state index in [0.717, 1.165) is 24.5 Å². The first-order valence-corrected chi connectivity index (χ1v) is 14.2. The molecule has 3 aromatic heterocycles. The lowest BCUT2D eigenvalue weighted by Gasteiger charge is -2.22. The summed E-state index contributed by atoms with van der Waals surface area (Å²) in [4.78, 5) is 31.8. The second-order valence-electron chi connectivity index (χ2n) is 9.40. The van der Waals surface area contributed by atoms with Gasteiger partial charge in [-0.05, 0) is 43.5 Å². The zero-order valence-corrected chi connectivity index (χ0v) is 24.9. The first-order valence-electron chi connectivity index (χ1n) is 14.2. The van der Waals surface area contributed by atoms with Gasteiger partial charge >= 0.3 is 0 Å². The zero-order chi connectivity index (χ0) is 29.9. The lowest BCUT2D eigenvalue weighted by Crippen LogP contribution is -2.25. The van der Waals surface area contributed by atoms with Crippen molar-refractivity contribution in [3.63, 3.8) is 0 Å². The first-order chi connectivity index (χ1) is 20.0. The van der Waals surface area contributed by atoms with E-state index in [2.05, 4.69) is 50.9 Å². The predicted molar refractivity (Wildman–Crippen MR) is 169 cm³/mol. The molecule has 0 spiro atoms. The van der Waals surface area contributed by atoms with E-state index in [9.17, 15) is 4.79 Å². The van der Waals surface area contributed by atoms with Crippen LogP contribution in [0, 0.1) is 5.41 Å². The number of hydrogen-bond acceptors (Lipinski definition) is 8. The fraction of sp³-hybridized carbons (Fsp3) is 0.375. The summed E-state index contributed by atoms with van der Waals surface area (Å²) in [5.41, 5.74) is 2.31. The highest BCUT2D eigenvalue weighted by Crippen LogP contribution is 2.23. The van der Waals surface area contributed by atoms with Crippen molar-refractivity contribution in [3.8, 4) is 0 Å². The van der Waals surface area contributed by atoms with Gasteiger partial charge in [0.05, 0.1) is 5.71 Å². The molecule has 1 aliphatic rings. The van der Waals surface area contributed by atoms with Gasteiger partial charge in [0.2, 0.25) is 5.82 Å². The third-order valence-electron chi connectivity index (χ3n) is 5.96. The lowest BCUT2D eigenvalue weighted by molar-refractivity contribution is 0.0940. The van der Waals surface area contributed by atoms with Crippen molar-refractivity contribution in [1.82, 2.24) is 25.3 Å². The molecule has 1 fully saturated rings. The van der Waals surface area contributed by atoms with Crippen LogP contribution < -0.4 is 15.5 Å². The van der Waals surface area contributed by atoms with Crippen LogP contribution in [0.25, 0.3) is 0 Å². The number of nitrogens with one attached hydrogen (secondary N) is 3. The van der Waals surface area contributed by atoms with E-state index in [1.807, 2.05) is 43.3 Å². The van der Waals surface area contributed by atoms with Crippen molar-refractivity contribution >= 4 is 23.3 Å². The maximum Gasteiger partial charge on any atom is 0.289 e. The Bertz CT molecular complexity index is 1230. The molecule has 41 heavy (non-hydrogen) atoms. The lowest BCUT2D eigenvalue weighted by atomic mass is 10.1. The van der Waals surface area contributed by atoms with Crippen LogP contribution in [0.15, 0.2) is 73.9 Å². The maximum absolute atomic E-state index is 12.3. The van der Waals surface area contributed by atoms with Gasteiger partial charge in [-0.3, -0.25) is 15.2 Å². The molecule has 0 aliphatic carbocycles. The largest absolute Gasteiger partial charge is 0.373 e. The van der Waals surface area contributed by atoms with Crippen LogP contribution in [0.3, 0.4) is 0 Å². The molecule has 1 aliphatic heterocycles. The van der Waals surface area contributed by atoms with Crippen LogP contribution in [0.5, 0.6) is 0 Å². The Balaban J connectivity index is 0.000000653. The molecule has 0 atom stereocenters. The molecule has 3 aromatic rings. The number of allylic oxidation sites excluding steroid dienone is 3. The smallest absolute Gasteiger partial charge is 0.289 e. The molecular formula is C32H44N8O. The average Bonchev–Trinajstić information content (AvgIpc) is 3.31. The highest BCUT2D eigenvalue weighted by atomic mass is 16.2. The van der Waals surface area contributed by atoms with Crippen molar-refractivity contribution in [2.45, 2.75) is 59.4 Å². The number of carbonyl (C=O) groups is 1. The summed E-state index contributed by atoms with van der Waals surface area (Å²) < 4.78 is 0. The van der Waals surface area contributed by atoms with E-state index in [1.54, 1.807) is 25.5 Å². The van der Waals surface area contributed by atoms with Gasteiger partial charge in [0.1, 0.15) is 11.6 Å². The first kappa shape index (κ1) is 32.8. The number of amides is 1. The minimum Gasteiger partial charge on any atom is -0.373 e. The monoisotopic (exact) mass is 556 g/mol. The molecule has 9 heteroatoms. The van der Waals surface area contributed by atoms with E-state index in [4.69, 9.17) is 10.4 Å². The van der Waals surface area contributed by atoms with Gasteiger partial charge in [-0.2, -0.15) is 0 Å². The molecular weight excluding hydrogens is 512 g/mol. The molecule has 0 unspecified atom stereocenters. The SMILES string of the molecule is C=C/C=C\C.CCC.CNc1nc(N2CCCCCC2)ccc1C(=N)c1cnc(C(=O)NCc2cccnc2)nc1. The number of nitrogens with zero attached hydrogens (tertiary/aromatic N) is 5. The second-order valence-corrected chi connectivity index (χ2v) is 9.40. The van der Waals surface area contributed by atoms with Gasteiger partial charge < -0.3 is 15.5 Å². The van der Waals surface area contributed by atoms with Crippen molar-refractivity contribution < 1.29 is 4.79 Å². The van der Waals surface area contributed by atoms with Crippen LogP contribution in [-0.2, 0) is 6.54 Å². The molecule has 0 bridgehead atoms. The molecule has 1 saturated heterocycles. The molecule has 9 nitrogen and oxygen atoms in total. The Morgan fingerprint density at radius 1 is 1.07 bits per heavy atom. The fourth-order valence-electron chi connectivity index (χ4n) is 3.95. The van der Waals surface area contributed by atoms with Crippen LogP contribution in [0.4, 0.5) is 11.6 Å². The van der Waals surface area contributed by atoms with Crippen LogP contribution in [-0.4, -0.2) is 51.7 Å². The van der Waals surface area contributed by atoms with Crippen molar-refractivity contribution in [2.24, 2.45) is 0 Å². The summed E-state index contributed by atoms with van der Waals surface area (Å²) in [6.45, 7) is 12.0. The summed E-state index contributed by atoms with van der Waals surface area (Å²) in [5.74, 6) is 1.24. The maximum atomic E-state index is 12.3. The number of rotatable bonds is 8. The fourth-order valence-corrected chi connectivity index (χ4v) is 3.95. The minimum absolute atomic E-state index is 0.0546. The standard InChI is InChI=1S/C24H28N8O.C5H8.C3H8/c1-26-22-19(8-9-20(31-22)32-11-4-2-3-5-12-32)21(25)18-15-28-23(29-16-18)24(33)30-14-17-7-6-10-27-13-17;1-3-5-4-2;1-3-2/h6-10,13,15-16,25H,2-5,11-12,14H2,1H3,(H,26,31)(H,30,33);3-5H,1H2,2H3;3H2,1-2H3/b;5-4-;. The number of carbonyl (C=O) groups excluding carboxylic acids is 1. The van der Waals surface area contributed by atoms with Gasteiger partial charge in [-0.25, -0.2) is 15.0 Å². The Kier molecular flexibility index (Phi) is 15.1. The molecule has 0 radical (unpaired) electrons. The second kappa shape index (κ2) is 18.8. The van der Waals surface area contributed by atoms with Gasteiger partial charge in [0.25, 0.3) is 5.91 Å². The summed E-state index contributed by atoms with van der Waals surface area (Å²) in [6.07, 6.45) is 18.1. The van der Waals surface area contributed by atoms with E-state index in [1.165, 1.54) is 44.5 Å². The van der Waals surface area contributed by atoms with Gasteiger partial charge in [0.15, 0.2) is 0 Å². The normalized spacial score (nSPS) is 12.6. The average molecular weight is 557 g/mol. The van der Waals surface area contributed by atoms with Crippen LogP contribution >= 0.6 is 0 Å². The third-order valence-corrected chi connectivity index (χ3v) is 5.96. The zero-order valence-electron chi connectivity index (χ0n) is 24.9. The molecule has 4 heterocycles. The van der Waals surface area contributed by atoms with E-state index < -0.39 is 0 Å². The van der Waals surface area contributed by atoms with Gasteiger partial charge in [-0.15, -0.1) is 0 Å². The third kappa shape index (κ3) is 10.9. The van der Waals surface area contributed by atoms with E-state index >= 15 is 0 Å². The Labute approximate surface area is 244 Å². The summed E-state index contributed by atoms with van der Waals surface area (Å²) in [6, 6.07) is 7.57. The van der Waals surface area contributed by atoms with E-state index in [0.29, 0.717) is 23.5 Å². The molecule has 4 rings (SSSR count). The Morgan fingerprint density at radius 3 is 2.29 bits per heavy atom. The number of hydrogen-bond donors (Lipinski definition) is 3. The molecule has 3 N–H and O–H groups in total. The number of aromatic nitrogens is 4. The van der Waals surface area contributed by atoms with E-state index in [-0.39, 0.29) is 17.4 Å². The molecule has 0 saturated carbocycles. The molecule has 218 valence electrons. The van der Waals surface area contributed by atoms with Gasteiger partial charge in [0, 0.05) is 62.6 Å². The highest BCUT2D eigenvalue weighted by Gasteiger charge is 2.17. The number of pyridine rings is 2. The van der Waals surface area contributed by atoms with Crippen molar-refractivity contribution in [3.05, 3.63) is 96.4 Å². The minimum atomic E-state index is -0.378. The Hall–Kier alpha value is -4.40. The summed E-state index contributed by atoms with van der Waals surface area (Å²) >= 11 is 0. The summed E-state index contributed by atoms with van der Waals surface area (Å²) in [5, 5.41) is 14.5. The van der Waals surface area contributed by atoms with Crippen LogP contribution in [0.2, 0.25) is 0 Å². The molecule has 0 aromatic carbocycles. The quantitative estimate of drug-likeness (QED) is 0.223. The van der Waals surface area contributed by atoms with Crippen molar-refractivity contribution in [2.75, 3.05) is 30.4 Å². The van der Waals surface area contributed by atoms with Gasteiger partial charge in [-0.1, -0.05) is 64.0 Å². The Morgan fingerprint density at radius 2 is 1.76 bits per heavy atom. The molecule has 1 amide bonds.